The third kappa shape index (κ3) is 5.52. The van der Waals surface area contributed by atoms with E-state index in [9.17, 15) is 0 Å². The molecule has 0 aliphatic heterocycles. The van der Waals surface area contributed by atoms with Gasteiger partial charge in [-0.1, -0.05) is 32.6 Å². The van der Waals surface area contributed by atoms with Gasteiger partial charge in [0, 0.05) is 25.6 Å². The van der Waals surface area contributed by atoms with Gasteiger partial charge in [-0.2, -0.15) is 0 Å². The second kappa shape index (κ2) is 8.85. The van der Waals surface area contributed by atoms with Crippen LogP contribution in [0.1, 0.15) is 64.6 Å². The summed E-state index contributed by atoms with van der Waals surface area (Å²) < 4.78 is 0. The maximum Gasteiger partial charge on any atom is 0.133 e. The van der Waals surface area contributed by atoms with Gasteiger partial charge in [-0.25, -0.2) is 9.97 Å². The molecule has 0 spiro atoms. The van der Waals surface area contributed by atoms with E-state index in [0.29, 0.717) is 0 Å². The summed E-state index contributed by atoms with van der Waals surface area (Å²) >= 11 is 0. The molecule has 0 amide bonds. The number of hydrogen-bond acceptors (Lipinski definition) is 4. The van der Waals surface area contributed by atoms with Crippen LogP contribution in [-0.4, -0.2) is 23.1 Å². The van der Waals surface area contributed by atoms with Crippen LogP contribution in [0.25, 0.3) is 0 Å². The van der Waals surface area contributed by atoms with Crippen molar-refractivity contribution in [2.45, 2.75) is 65.2 Å². The Hall–Kier alpha value is -1.32. The monoisotopic (exact) mass is 290 g/mol. The zero-order chi connectivity index (χ0) is 14.9. The quantitative estimate of drug-likeness (QED) is 0.668. The smallest absolute Gasteiger partial charge is 0.133 e. The van der Waals surface area contributed by atoms with Gasteiger partial charge in [0.1, 0.15) is 17.5 Å². The lowest BCUT2D eigenvalue weighted by molar-refractivity contribution is 0.491. The van der Waals surface area contributed by atoms with Crippen LogP contribution in [0, 0.1) is 5.92 Å². The highest BCUT2D eigenvalue weighted by Crippen LogP contribution is 2.28. The molecule has 0 bridgehead atoms. The Labute approximate surface area is 129 Å². The molecule has 1 aliphatic carbocycles. The lowest BCUT2D eigenvalue weighted by atomic mass is 10.0. The summed E-state index contributed by atoms with van der Waals surface area (Å²) in [6.07, 6.45) is 10.4. The first-order chi connectivity index (χ1) is 10.3. The Morgan fingerprint density at radius 3 is 2.48 bits per heavy atom. The molecule has 4 nitrogen and oxygen atoms in total. The van der Waals surface area contributed by atoms with E-state index in [4.69, 9.17) is 0 Å². The lowest BCUT2D eigenvalue weighted by Crippen LogP contribution is -2.09. The van der Waals surface area contributed by atoms with E-state index in [-0.39, 0.29) is 0 Å². The van der Waals surface area contributed by atoms with Crippen LogP contribution in [0.4, 0.5) is 11.6 Å². The Balaban J connectivity index is 1.82. The van der Waals surface area contributed by atoms with E-state index in [1.54, 1.807) is 0 Å². The molecule has 1 heterocycles. The fourth-order valence-electron chi connectivity index (χ4n) is 3.10. The highest BCUT2D eigenvalue weighted by atomic mass is 15.1. The van der Waals surface area contributed by atoms with E-state index >= 15 is 0 Å². The summed E-state index contributed by atoms with van der Waals surface area (Å²) in [6, 6.07) is 2.03. The van der Waals surface area contributed by atoms with Crippen molar-refractivity contribution >= 4 is 11.6 Å². The lowest BCUT2D eigenvalue weighted by Gasteiger charge is -2.12. The number of aryl methyl sites for hydroxylation is 1. The predicted molar refractivity (Wildman–Crippen MR) is 89.9 cm³/mol. The zero-order valence-electron chi connectivity index (χ0n) is 13.6. The molecule has 0 aromatic carbocycles. The summed E-state index contributed by atoms with van der Waals surface area (Å²) in [7, 11) is 0. The molecular formula is C17H30N4. The largest absolute Gasteiger partial charge is 0.370 e. The molecule has 118 valence electrons. The van der Waals surface area contributed by atoms with Gasteiger partial charge in [-0.05, 0) is 32.1 Å². The summed E-state index contributed by atoms with van der Waals surface area (Å²) in [5.41, 5.74) is 0. The third-order valence-corrected chi connectivity index (χ3v) is 4.17. The maximum atomic E-state index is 4.61. The number of aromatic nitrogens is 2. The van der Waals surface area contributed by atoms with Gasteiger partial charge in [0.25, 0.3) is 0 Å². The standard InChI is InChI=1S/C17H30N4/c1-3-8-15-20-16(18-4-2)13-17(21-15)19-12-7-11-14-9-5-6-10-14/h13-14H,3-12H2,1-2H3,(H2,18,19,20,21). The molecule has 2 N–H and O–H groups in total. The fourth-order valence-corrected chi connectivity index (χ4v) is 3.10. The molecule has 1 aromatic heterocycles. The van der Waals surface area contributed by atoms with E-state index in [1.807, 2.05) is 6.07 Å². The van der Waals surface area contributed by atoms with Crippen LogP contribution in [0.2, 0.25) is 0 Å². The van der Waals surface area contributed by atoms with Crippen molar-refractivity contribution in [3.63, 3.8) is 0 Å². The second-order valence-electron chi connectivity index (χ2n) is 6.05. The van der Waals surface area contributed by atoms with Crippen molar-refractivity contribution < 1.29 is 0 Å². The number of rotatable bonds is 9. The van der Waals surface area contributed by atoms with E-state index < -0.39 is 0 Å². The minimum absolute atomic E-state index is 0.893. The predicted octanol–water partition coefficient (Wildman–Crippen LogP) is 4.24. The summed E-state index contributed by atoms with van der Waals surface area (Å²) in [4.78, 5) is 9.15. The molecule has 1 saturated carbocycles. The molecule has 1 aromatic rings. The minimum atomic E-state index is 0.893. The zero-order valence-corrected chi connectivity index (χ0v) is 13.6. The van der Waals surface area contributed by atoms with Crippen LogP contribution in [-0.2, 0) is 6.42 Å². The van der Waals surface area contributed by atoms with Crippen molar-refractivity contribution in [2.75, 3.05) is 23.7 Å². The van der Waals surface area contributed by atoms with Crippen LogP contribution in [0.15, 0.2) is 6.07 Å². The minimum Gasteiger partial charge on any atom is -0.370 e. The Morgan fingerprint density at radius 2 is 1.81 bits per heavy atom. The van der Waals surface area contributed by atoms with Gasteiger partial charge >= 0.3 is 0 Å². The summed E-state index contributed by atoms with van der Waals surface area (Å²) in [6.45, 7) is 6.17. The van der Waals surface area contributed by atoms with Crippen molar-refractivity contribution in [1.82, 2.24) is 9.97 Å². The first-order valence-electron chi connectivity index (χ1n) is 8.67. The van der Waals surface area contributed by atoms with Crippen LogP contribution in [0.3, 0.4) is 0 Å². The van der Waals surface area contributed by atoms with Gasteiger partial charge in [-0.15, -0.1) is 0 Å². The van der Waals surface area contributed by atoms with Gasteiger partial charge in [-0.3, -0.25) is 0 Å². The Kier molecular flexibility index (Phi) is 6.77. The normalized spacial score (nSPS) is 15.3. The SMILES string of the molecule is CCCc1nc(NCC)cc(NCCCC2CCCC2)n1. The first-order valence-corrected chi connectivity index (χ1v) is 8.67. The summed E-state index contributed by atoms with van der Waals surface area (Å²) in [5, 5.41) is 6.77. The average Bonchev–Trinajstić information content (AvgIpc) is 2.97. The first kappa shape index (κ1) is 16.1. The number of nitrogens with zero attached hydrogens (tertiary/aromatic N) is 2. The van der Waals surface area contributed by atoms with Gasteiger partial charge < -0.3 is 10.6 Å². The molecule has 0 atom stereocenters. The number of nitrogens with one attached hydrogen (secondary N) is 2. The van der Waals surface area contributed by atoms with Crippen molar-refractivity contribution in [3.8, 4) is 0 Å². The van der Waals surface area contributed by atoms with Gasteiger partial charge in [0.05, 0.1) is 0 Å². The van der Waals surface area contributed by atoms with Crippen LogP contribution < -0.4 is 10.6 Å². The topological polar surface area (TPSA) is 49.8 Å². The summed E-state index contributed by atoms with van der Waals surface area (Å²) in [5.74, 6) is 3.82. The highest BCUT2D eigenvalue weighted by Gasteiger charge is 2.14. The van der Waals surface area contributed by atoms with Gasteiger partial charge in [0.15, 0.2) is 0 Å². The molecule has 0 unspecified atom stereocenters. The molecule has 1 aliphatic rings. The van der Waals surface area contributed by atoms with Crippen molar-refractivity contribution in [1.29, 1.82) is 0 Å². The molecular weight excluding hydrogens is 260 g/mol. The molecule has 0 saturated heterocycles. The second-order valence-corrected chi connectivity index (χ2v) is 6.05. The van der Waals surface area contributed by atoms with E-state index in [2.05, 4.69) is 34.4 Å². The van der Waals surface area contributed by atoms with E-state index in [0.717, 1.165) is 49.3 Å². The van der Waals surface area contributed by atoms with E-state index in [1.165, 1.54) is 38.5 Å². The Morgan fingerprint density at radius 1 is 1.10 bits per heavy atom. The number of anilines is 2. The number of hydrogen-bond donors (Lipinski definition) is 2. The molecule has 4 heteroatoms. The van der Waals surface area contributed by atoms with Gasteiger partial charge in [0.2, 0.25) is 0 Å². The Bertz CT molecular complexity index is 389. The van der Waals surface area contributed by atoms with Crippen molar-refractivity contribution in [2.24, 2.45) is 5.92 Å². The van der Waals surface area contributed by atoms with Crippen LogP contribution in [0.5, 0.6) is 0 Å². The highest BCUT2D eigenvalue weighted by molar-refractivity contribution is 5.47. The van der Waals surface area contributed by atoms with Crippen LogP contribution >= 0.6 is 0 Å². The third-order valence-electron chi connectivity index (χ3n) is 4.17. The fraction of sp³-hybridized carbons (Fsp3) is 0.765. The van der Waals surface area contributed by atoms with Crippen molar-refractivity contribution in [3.05, 3.63) is 11.9 Å². The molecule has 1 fully saturated rings. The molecule has 2 rings (SSSR count). The maximum absolute atomic E-state index is 4.61. The molecule has 0 radical (unpaired) electrons. The molecule has 21 heavy (non-hydrogen) atoms. The average molecular weight is 290 g/mol.